The fourth-order valence-corrected chi connectivity index (χ4v) is 1.24. The molecule has 0 aliphatic rings. The van der Waals surface area contributed by atoms with Gasteiger partial charge in [0.1, 0.15) is 5.67 Å². The predicted octanol–water partition coefficient (Wildman–Crippen LogP) is 2.38. The summed E-state index contributed by atoms with van der Waals surface area (Å²) in [4.78, 5) is 0. The van der Waals surface area contributed by atoms with E-state index < -0.39 is 5.67 Å². The molecule has 0 aliphatic carbocycles. The van der Waals surface area contributed by atoms with Gasteiger partial charge in [0.05, 0.1) is 6.61 Å². The SMILES string of the molecule is CC(C)(F)c1ccccc1CO. The zero-order chi connectivity index (χ0) is 9.19. The van der Waals surface area contributed by atoms with E-state index in [2.05, 4.69) is 0 Å². The largest absolute Gasteiger partial charge is 0.392 e. The lowest BCUT2D eigenvalue weighted by atomic mass is 9.95. The van der Waals surface area contributed by atoms with Crippen molar-refractivity contribution in [3.05, 3.63) is 35.4 Å². The van der Waals surface area contributed by atoms with Crippen molar-refractivity contribution < 1.29 is 9.50 Å². The fraction of sp³-hybridized carbons (Fsp3) is 0.400. The van der Waals surface area contributed by atoms with Crippen molar-refractivity contribution in [2.24, 2.45) is 0 Å². The maximum atomic E-state index is 13.5. The second-order valence-electron chi connectivity index (χ2n) is 3.29. The highest BCUT2D eigenvalue weighted by Crippen LogP contribution is 2.27. The van der Waals surface area contributed by atoms with E-state index in [-0.39, 0.29) is 6.61 Å². The molecule has 0 saturated heterocycles. The number of aliphatic hydroxyl groups is 1. The summed E-state index contributed by atoms with van der Waals surface area (Å²) in [6.07, 6.45) is 0. The third kappa shape index (κ3) is 1.83. The van der Waals surface area contributed by atoms with Crippen molar-refractivity contribution in [1.29, 1.82) is 0 Å². The highest BCUT2D eigenvalue weighted by Gasteiger charge is 2.21. The summed E-state index contributed by atoms with van der Waals surface area (Å²) < 4.78 is 13.5. The minimum absolute atomic E-state index is 0.108. The van der Waals surface area contributed by atoms with Gasteiger partial charge in [-0.15, -0.1) is 0 Å². The molecule has 1 aromatic carbocycles. The van der Waals surface area contributed by atoms with Crippen LogP contribution < -0.4 is 0 Å². The van der Waals surface area contributed by atoms with Crippen LogP contribution >= 0.6 is 0 Å². The Morgan fingerprint density at radius 2 is 1.92 bits per heavy atom. The topological polar surface area (TPSA) is 20.2 Å². The van der Waals surface area contributed by atoms with Crippen LogP contribution in [0.25, 0.3) is 0 Å². The maximum Gasteiger partial charge on any atom is 0.130 e. The monoisotopic (exact) mass is 168 g/mol. The molecule has 0 saturated carbocycles. The summed E-state index contributed by atoms with van der Waals surface area (Å²) >= 11 is 0. The van der Waals surface area contributed by atoms with Gasteiger partial charge in [-0.05, 0) is 25.0 Å². The van der Waals surface area contributed by atoms with Crippen LogP contribution in [-0.2, 0) is 12.3 Å². The van der Waals surface area contributed by atoms with Gasteiger partial charge in [0.2, 0.25) is 0 Å². The van der Waals surface area contributed by atoms with Crippen LogP contribution in [0.3, 0.4) is 0 Å². The van der Waals surface area contributed by atoms with Gasteiger partial charge in [-0.3, -0.25) is 0 Å². The van der Waals surface area contributed by atoms with Gasteiger partial charge in [0.15, 0.2) is 0 Å². The van der Waals surface area contributed by atoms with Gasteiger partial charge >= 0.3 is 0 Å². The number of halogens is 1. The molecule has 0 heterocycles. The second kappa shape index (κ2) is 3.23. The van der Waals surface area contributed by atoms with E-state index in [9.17, 15) is 4.39 Å². The molecule has 66 valence electrons. The Hall–Kier alpha value is -0.890. The van der Waals surface area contributed by atoms with Crippen LogP contribution in [0.4, 0.5) is 4.39 Å². The lowest BCUT2D eigenvalue weighted by Crippen LogP contribution is -2.12. The van der Waals surface area contributed by atoms with Crippen molar-refractivity contribution in [2.45, 2.75) is 26.1 Å². The molecule has 0 amide bonds. The first-order chi connectivity index (χ1) is 5.55. The smallest absolute Gasteiger partial charge is 0.130 e. The Morgan fingerprint density at radius 3 is 2.33 bits per heavy atom. The first-order valence-corrected chi connectivity index (χ1v) is 3.94. The molecule has 12 heavy (non-hydrogen) atoms. The Kier molecular flexibility index (Phi) is 2.48. The van der Waals surface area contributed by atoms with Crippen molar-refractivity contribution in [3.8, 4) is 0 Å². The standard InChI is InChI=1S/C10H13FO/c1-10(2,11)9-6-4-3-5-8(9)7-12/h3-6,12H,7H2,1-2H3. The molecule has 0 bridgehead atoms. The van der Waals surface area contributed by atoms with E-state index in [4.69, 9.17) is 5.11 Å². The van der Waals surface area contributed by atoms with Crippen LogP contribution in [0.15, 0.2) is 24.3 Å². The van der Waals surface area contributed by atoms with E-state index in [1.54, 1.807) is 24.3 Å². The number of hydrogen-bond donors (Lipinski definition) is 1. The van der Waals surface area contributed by atoms with Crippen molar-refractivity contribution >= 4 is 0 Å². The normalized spacial score (nSPS) is 11.7. The van der Waals surface area contributed by atoms with Crippen LogP contribution in [-0.4, -0.2) is 5.11 Å². The quantitative estimate of drug-likeness (QED) is 0.718. The average molecular weight is 168 g/mol. The number of alkyl halides is 1. The fourth-order valence-electron chi connectivity index (χ4n) is 1.24. The molecule has 1 nitrogen and oxygen atoms in total. The Bertz CT molecular complexity index is 263. The van der Waals surface area contributed by atoms with Gasteiger partial charge in [-0.25, -0.2) is 4.39 Å². The zero-order valence-electron chi connectivity index (χ0n) is 7.34. The van der Waals surface area contributed by atoms with Crippen molar-refractivity contribution in [3.63, 3.8) is 0 Å². The average Bonchev–Trinajstić information content (AvgIpc) is 2.03. The summed E-state index contributed by atoms with van der Waals surface area (Å²) in [5, 5.41) is 8.92. The molecule has 1 N–H and O–H groups in total. The summed E-state index contributed by atoms with van der Waals surface area (Å²) in [5.41, 5.74) is -0.156. The van der Waals surface area contributed by atoms with Crippen molar-refractivity contribution in [1.82, 2.24) is 0 Å². The Labute approximate surface area is 71.9 Å². The molecular formula is C10H13FO. The summed E-state index contributed by atoms with van der Waals surface area (Å²) in [5.74, 6) is 0. The third-order valence-corrected chi connectivity index (χ3v) is 1.83. The predicted molar refractivity (Wildman–Crippen MR) is 46.5 cm³/mol. The molecule has 0 aliphatic heterocycles. The molecule has 0 atom stereocenters. The maximum absolute atomic E-state index is 13.5. The van der Waals surface area contributed by atoms with Gasteiger partial charge < -0.3 is 5.11 Å². The lowest BCUT2D eigenvalue weighted by molar-refractivity contribution is 0.211. The first kappa shape index (κ1) is 9.20. The molecule has 0 unspecified atom stereocenters. The molecular weight excluding hydrogens is 155 g/mol. The second-order valence-corrected chi connectivity index (χ2v) is 3.29. The van der Waals surface area contributed by atoms with Gasteiger partial charge in [-0.2, -0.15) is 0 Å². The Balaban J connectivity index is 3.14. The molecule has 0 aromatic heterocycles. The zero-order valence-corrected chi connectivity index (χ0v) is 7.34. The first-order valence-electron chi connectivity index (χ1n) is 3.94. The van der Waals surface area contributed by atoms with E-state index in [0.29, 0.717) is 11.1 Å². The summed E-state index contributed by atoms with van der Waals surface area (Å²) in [6.45, 7) is 2.87. The number of benzene rings is 1. The number of hydrogen-bond acceptors (Lipinski definition) is 1. The summed E-state index contributed by atoms with van der Waals surface area (Å²) in [6, 6.07) is 7.00. The van der Waals surface area contributed by atoms with Crippen LogP contribution in [0.1, 0.15) is 25.0 Å². The molecule has 0 radical (unpaired) electrons. The number of rotatable bonds is 2. The molecule has 1 rings (SSSR count). The molecule has 1 aromatic rings. The van der Waals surface area contributed by atoms with E-state index in [0.717, 1.165) is 0 Å². The minimum atomic E-state index is -1.38. The van der Waals surface area contributed by atoms with Crippen molar-refractivity contribution in [2.75, 3.05) is 0 Å². The number of aliphatic hydroxyl groups excluding tert-OH is 1. The van der Waals surface area contributed by atoms with E-state index in [1.165, 1.54) is 13.8 Å². The van der Waals surface area contributed by atoms with E-state index in [1.807, 2.05) is 0 Å². The summed E-state index contributed by atoms with van der Waals surface area (Å²) in [7, 11) is 0. The third-order valence-electron chi connectivity index (χ3n) is 1.83. The molecule has 0 fully saturated rings. The van der Waals surface area contributed by atoms with Crippen LogP contribution in [0.2, 0.25) is 0 Å². The molecule has 0 spiro atoms. The van der Waals surface area contributed by atoms with Gasteiger partial charge in [0.25, 0.3) is 0 Å². The van der Waals surface area contributed by atoms with Crippen LogP contribution in [0, 0.1) is 0 Å². The van der Waals surface area contributed by atoms with Gasteiger partial charge in [-0.1, -0.05) is 24.3 Å². The molecule has 2 heteroatoms. The highest BCUT2D eigenvalue weighted by atomic mass is 19.1. The lowest BCUT2D eigenvalue weighted by Gasteiger charge is -2.17. The van der Waals surface area contributed by atoms with Crippen LogP contribution in [0.5, 0.6) is 0 Å². The highest BCUT2D eigenvalue weighted by molar-refractivity contribution is 5.30. The minimum Gasteiger partial charge on any atom is -0.392 e. The Morgan fingerprint density at radius 1 is 1.33 bits per heavy atom. The van der Waals surface area contributed by atoms with Gasteiger partial charge in [0, 0.05) is 0 Å². The van der Waals surface area contributed by atoms with E-state index >= 15 is 0 Å².